The van der Waals surface area contributed by atoms with Gasteiger partial charge in [0, 0.05) is 11.5 Å². The summed E-state index contributed by atoms with van der Waals surface area (Å²) in [6.45, 7) is 2.64. The number of hydrogen-bond donors (Lipinski definition) is 0. The van der Waals surface area contributed by atoms with Crippen LogP contribution in [0.15, 0.2) is 53.5 Å². The first-order valence-corrected chi connectivity index (χ1v) is 10.9. The minimum absolute atomic E-state index is 0.0657. The van der Waals surface area contributed by atoms with Crippen molar-refractivity contribution < 1.29 is 19.1 Å². The number of thioether (sulfide) groups is 2. The zero-order valence-corrected chi connectivity index (χ0v) is 17.2. The number of ketones is 1. The normalized spacial score (nSPS) is 13.1. The maximum absolute atomic E-state index is 12.5. The molecule has 28 heavy (non-hydrogen) atoms. The van der Waals surface area contributed by atoms with Gasteiger partial charge in [-0.05, 0) is 30.7 Å². The van der Waals surface area contributed by atoms with E-state index in [0.29, 0.717) is 22.6 Å². The first-order chi connectivity index (χ1) is 13.6. The Labute approximate surface area is 172 Å². The maximum Gasteiger partial charge on any atom is 0.338 e. The van der Waals surface area contributed by atoms with Crippen LogP contribution in [0.4, 0.5) is 0 Å². The van der Waals surface area contributed by atoms with Crippen molar-refractivity contribution >= 4 is 39.7 Å². The van der Waals surface area contributed by atoms with Gasteiger partial charge in [0.05, 0.1) is 17.7 Å². The van der Waals surface area contributed by atoms with Gasteiger partial charge < -0.3 is 9.47 Å². The summed E-state index contributed by atoms with van der Waals surface area (Å²) in [4.78, 5) is 28.5. The molecule has 146 valence electrons. The van der Waals surface area contributed by atoms with Crippen molar-refractivity contribution in [2.45, 2.75) is 12.7 Å². The average molecular weight is 416 g/mol. The molecule has 5 nitrogen and oxygen atoms in total. The molecule has 1 aliphatic rings. The van der Waals surface area contributed by atoms with Crippen molar-refractivity contribution in [3.63, 3.8) is 0 Å². The van der Waals surface area contributed by atoms with E-state index in [1.807, 2.05) is 18.2 Å². The van der Waals surface area contributed by atoms with Crippen molar-refractivity contribution in [3.05, 3.63) is 65.2 Å². The van der Waals surface area contributed by atoms with Crippen LogP contribution in [0.1, 0.15) is 33.2 Å². The Hall–Kier alpha value is -2.25. The summed E-state index contributed by atoms with van der Waals surface area (Å²) < 4.78 is 12.0. The lowest BCUT2D eigenvalue weighted by molar-refractivity contribution is 0.0448. The minimum Gasteiger partial charge on any atom is -0.489 e. The number of ether oxygens (including phenoxy) is 2. The summed E-state index contributed by atoms with van der Waals surface area (Å²) in [6, 6.07) is 14.5. The highest BCUT2D eigenvalue weighted by atomic mass is 32.2. The van der Waals surface area contributed by atoms with Gasteiger partial charge in [-0.15, -0.1) is 0 Å². The van der Waals surface area contributed by atoms with Crippen molar-refractivity contribution in [1.82, 2.24) is 0 Å². The van der Waals surface area contributed by atoms with Gasteiger partial charge in [0.25, 0.3) is 0 Å². The number of hydrogen-bond acceptors (Lipinski definition) is 7. The van der Waals surface area contributed by atoms with Gasteiger partial charge in [-0.2, -0.15) is 0 Å². The number of carbonyl (C=O) groups excluding carboxylic acids is 2. The molecule has 0 aromatic heterocycles. The second-order valence-corrected chi connectivity index (χ2v) is 8.28. The first kappa shape index (κ1) is 20.5. The predicted octanol–water partition coefficient (Wildman–Crippen LogP) is 4.46. The van der Waals surface area contributed by atoms with E-state index in [2.05, 4.69) is 4.99 Å². The van der Waals surface area contributed by atoms with Gasteiger partial charge in [-0.1, -0.05) is 53.9 Å². The van der Waals surface area contributed by atoms with Crippen molar-refractivity contribution in [1.29, 1.82) is 0 Å². The van der Waals surface area contributed by atoms with Gasteiger partial charge in [0.15, 0.2) is 5.78 Å². The topological polar surface area (TPSA) is 65.0 Å². The highest BCUT2D eigenvalue weighted by Gasteiger charge is 2.15. The number of carbonyl (C=O) groups is 2. The molecule has 0 spiro atoms. The van der Waals surface area contributed by atoms with Gasteiger partial charge >= 0.3 is 5.97 Å². The van der Waals surface area contributed by atoms with E-state index >= 15 is 0 Å². The smallest absolute Gasteiger partial charge is 0.338 e. The Bertz CT molecular complexity index is 882. The van der Waals surface area contributed by atoms with Crippen molar-refractivity contribution in [2.75, 3.05) is 25.5 Å². The summed E-state index contributed by atoms with van der Waals surface area (Å²) >= 11 is 3.40. The monoisotopic (exact) mass is 415 g/mol. The maximum atomic E-state index is 12.5. The second kappa shape index (κ2) is 10.3. The highest BCUT2D eigenvalue weighted by molar-refractivity contribution is 8.38. The van der Waals surface area contributed by atoms with E-state index in [-0.39, 0.29) is 25.0 Å². The van der Waals surface area contributed by atoms with E-state index < -0.39 is 0 Å². The molecule has 0 bridgehead atoms. The SMILES string of the molecule is CC(=O)c1ccccc1OCCOC(=O)c1ccccc1CSC1=NCCS1. The largest absolute Gasteiger partial charge is 0.489 e. The highest BCUT2D eigenvalue weighted by Crippen LogP contribution is 2.26. The third-order valence-corrected chi connectivity index (χ3v) is 6.29. The Morgan fingerprint density at radius 2 is 1.82 bits per heavy atom. The summed E-state index contributed by atoms with van der Waals surface area (Å²) in [5.74, 6) is 1.76. The summed E-state index contributed by atoms with van der Waals surface area (Å²) in [5, 5.41) is 0. The van der Waals surface area contributed by atoms with E-state index in [1.54, 1.807) is 53.9 Å². The molecular weight excluding hydrogens is 394 g/mol. The van der Waals surface area contributed by atoms with Gasteiger partial charge in [0.2, 0.25) is 0 Å². The Kier molecular flexibility index (Phi) is 7.56. The molecular formula is C21H21NO4S2. The number of Topliss-reactive ketones (excluding diaryl/α,β-unsaturated/α-hetero) is 1. The Morgan fingerprint density at radius 1 is 1.07 bits per heavy atom. The molecule has 7 heteroatoms. The molecule has 0 unspecified atom stereocenters. The number of rotatable bonds is 8. The van der Waals surface area contributed by atoms with Gasteiger partial charge in [0.1, 0.15) is 23.3 Å². The zero-order chi connectivity index (χ0) is 19.8. The number of para-hydroxylation sites is 1. The molecule has 0 amide bonds. The van der Waals surface area contributed by atoms with Crippen LogP contribution in [0.3, 0.4) is 0 Å². The quantitative estimate of drug-likeness (QED) is 0.360. The molecule has 0 saturated heterocycles. The molecule has 0 aliphatic carbocycles. The lowest BCUT2D eigenvalue weighted by atomic mass is 10.1. The molecule has 1 aliphatic heterocycles. The molecule has 1 heterocycles. The van der Waals surface area contributed by atoms with Crippen LogP contribution < -0.4 is 4.74 Å². The van der Waals surface area contributed by atoms with Crippen LogP contribution in [0.5, 0.6) is 5.75 Å². The number of esters is 1. The Balaban J connectivity index is 1.52. The standard InChI is InChI=1S/C21H21NO4S2/c1-15(23)17-7-4-5-9-19(17)25-11-12-26-20(24)18-8-3-2-6-16(18)14-28-21-22-10-13-27-21/h2-9H,10-14H2,1H3. The fraction of sp³-hybridized carbons (Fsp3) is 0.286. The number of benzene rings is 2. The van der Waals surface area contributed by atoms with E-state index in [0.717, 1.165) is 22.2 Å². The summed E-state index contributed by atoms with van der Waals surface area (Å²) in [7, 11) is 0. The van der Waals surface area contributed by atoms with E-state index in [1.165, 1.54) is 6.92 Å². The molecule has 0 fully saturated rings. The fourth-order valence-electron chi connectivity index (χ4n) is 2.63. The van der Waals surface area contributed by atoms with Crippen LogP contribution >= 0.6 is 23.5 Å². The molecule has 2 aromatic carbocycles. The van der Waals surface area contributed by atoms with Crippen LogP contribution in [0.2, 0.25) is 0 Å². The fourth-order valence-corrected chi connectivity index (χ4v) is 4.65. The number of aliphatic imine (C=N–C) groups is 1. The molecule has 0 atom stereocenters. The van der Waals surface area contributed by atoms with Gasteiger partial charge in [-0.3, -0.25) is 9.79 Å². The summed E-state index contributed by atoms with van der Waals surface area (Å²) in [5.41, 5.74) is 2.00. The van der Waals surface area contributed by atoms with Crippen molar-refractivity contribution in [2.24, 2.45) is 4.99 Å². The number of nitrogens with zero attached hydrogens (tertiary/aromatic N) is 1. The van der Waals surface area contributed by atoms with Crippen LogP contribution in [0, 0.1) is 0 Å². The second-order valence-electron chi connectivity index (χ2n) is 5.98. The van der Waals surface area contributed by atoms with Crippen LogP contribution in [0.25, 0.3) is 0 Å². The Morgan fingerprint density at radius 3 is 2.57 bits per heavy atom. The lowest BCUT2D eigenvalue weighted by Crippen LogP contribution is -2.14. The predicted molar refractivity (Wildman–Crippen MR) is 115 cm³/mol. The molecule has 0 saturated carbocycles. The van der Waals surface area contributed by atoms with Crippen LogP contribution in [-0.2, 0) is 10.5 Å². The van der Waals surface area contributed by atoms with E-state index in [9.17, 15) is 9.59 Å². The minimum atomic E-state index is -0.374. The van der Waals surface area contributed by atoms with Gasteiger partial charge in [-0.25, -0.2) is 4.79 Å². The van der Waals surface area contributed by atoms with E-state index in [4.69, 9.17) is 9.47 Å². The molecule has 2 aromatic rings. The summed E-state index contributed by atoms with van der Waals surface area (Å²) in [6.07, 6.45) is 0. The zero-order valence-electron chi connectivity index (χ0n) is 15.6. The third-order valence-electron chi connectivity index (χ3n) is 3.99. The average Bonchev–Trinajstić information content (AvgIpc) is 3.23. The third kappa shape index (κ3) is 5.62. The molecule has 3 rings (SSSR count). The molecule has 0 N–H and O–H groups in total. The first-order valence-electron chi connectivity index (χ1n) is 8.93. The lowest BCUT2D eigenvalue weighted by Gasteiger charge is -2.11. The molecule has 0 radical (unpaired) electrons. The van der Waals surface area contributed by atoms with Crippen LogP contribution in [-0.4, -0.2) is 41.6 Å². The van der Waals surface area contributed by atoms with Crippen molar-refractivity contribution in [3.8, 4) is 5.75 Å².